The van der Waals surface area contributed by atoms with Crippen molar-refractivity contribution in [1.29, 1.82) is 0 Å². The molecule has 1 aliphatic carbocycles. The van der Waals surface area contributed by atoms with Gasteiger partial charge >= 0.3 is 0 Å². The number of carbonyl (C=O) groups is 1. The Hall–Kier alpha value is -2.89. The summed E-state index contributed by atoms with van der Waals surface area (Å²) in [7, 11) is 1.92. The molecule has 2 fully saturated rings. The molecule has 5 rings (SSSR count). The van der Waals surface area contributed by atoms with Crippen molar-refractivity contribution < 1.29 is 9.53 Å². The first-order chi connectivity index (χ1) is 13.6. The van der Waals surface area contributed by atoms with E-state index in [9.17, 15) is 4.79 Å². The van der Waals surface area contributed by atoms with E-state index in [4.69, 9.17) is 4.74 Å². The second-order valence-electron chi connectivity index (χ2n) is 8.05. The quantitative estimate of drug-likeness (QED) is 0.741. The van der Waals surface area contributed by atoms with E-state index in [0.29, 0.717) is 18.9 Å². The van der Waals surface area contributed by atoms with Gasteiger partial charge < -0.3 is 10.1 Å². The molecule has 2 aliphatic rings. The van der Waals surface area contributed by atoms with E-state index in [1.165, 1.54) is 18.5 Å². The van der Waals surface area contributed by atoms with Gasteiger partial charge in [-0.25, -0.2) is 0 Å². The highest BCUT2D eigenvalue weighted by atomic mass is 16.5. The average Bonchev–Trinajstić information content (AvgIpc) is 3.33. The lowest BCUT2D eigenvalue weighted by Crippen LogP contribution is -2.25. The number of carbonyl (C=O) groups excluding carboxylic acids is 1. The molecule has 0 radical (unpaired) electrons. The maximum absolute atomic E-state index is 11.6. The van der Waals surface area contributed by atoms with E-state index in [1.807, 2.05) is 26.4 Å². The maximum Gasteiger partial charge on any atom is 0.220 e. The standard InChI is InChI=1S/C22H24N4O2/c1-13(17-9-22(27)24-11-17)28-21-8-16(7-20-18(21)12-26(2)25-20)15-5-6-19(23-10-15)14-3-4-14/h5-8,10,12-14,17H,3-4,9,11H2,1-2H3,(H,24,27)/t13-,17-/m1/s1. The van der Waals surface area contributed by atoms with E-state index in [-0.39, 0.29) is 17.9 Å². The second kappa shape index (κ2) is 6.62. The highest BCUT2D eigenvalue weighted by Crippen LogP contribution is 2.39. The fraction of sp³-hybridized carbons (Fsp3) is 0.409. The molecule has 0 bridgehead atoms. The lowest BCUT2D eigenvalue weighted by Gasteiger charge is -2.20. The zero-order valence-corrected chi connectivity index (χ0v) is 16.2. The van der Waals surface area contributed by atoms with Crippen LogP contribution >= 0.6 is 0 Å². The third kappa shape index (κ3) is 3.23. The number of aromatic nitrogens is 3. The van der Waals surface area contributed by atoms with Gasteiger partial charge in [0, 0.05) is 55.5 Å². The number of hydrogen-bond acceptors (Lipinski definition) is 4. The first kappa shape index (κ1) is 17.2. The van der Waals surface area contributed by atoms with Crippen molar-refractivity contribution in [3.63, 3.8) is 0 Å². The average molecular weight is 376 g/mol. The monoisotopic (exact) mass is 376 g/mol. The number of aryl methyl sites for hydroxylation is 1. The molecular weight excluding hydrogens is 352 g/mol. The molecule has 28 heavy (non-hydrogen) atoms. The molecule has 0 spiro atoms. The molecule has 6 heteroatoms. The summed E-state index contributed by atoms with van der Waals surface area (Å²) in [6.07, 6.45) is 6.89. The van der Waals surface area contributed by atoms with Gasteiger partial charge in [-0.2, -0.15) is 5.10 Å². The first-order valence-electron chi connectivity index (χ1n) is 9.94. The van der Waals surface area contributed by atoms with Crippen LogP contribution in [0, 0.1) is 5.92 Å². The summed E-state index contributed by atoms with van der Waals surface area (Å²) in [6, 6.07) is 8.42. The number of pyridine rings is 1. The molecule has 1 amide bonds. The molecule has 1 aliphatic heterocycles. The minimum Gasteiger partial charge on any atom is -0.490 e. The molecule has 3 heterocycles. The summed E-state index contributed by atoms with van der Waals surface area (Å²) < 4.78 is 8.15. The van der Waals surface area contributed by atoms with Gasteiger partial charge in [0.25, 0.3) is 0 Å². The third-order valence-electron chi connectivity index (χ3n) is 5.80. The van der Waals surface area contributed by atoms with Gasteiger partial charge in [-0.15, -0.1) is 0 Å². The smallest absolute Gasteiger partial charge is 0.220 e. The van der Waals surface area contributed by atoms with Crippen LogP contribution in [-0.2, 0) is 11.8 Å². The molecule has 1 saturated carbocycles. The zero-order valence-electron chi connectivity index (χ0n) is 16.2. The predicted molar refractivity (Wildman–Crippen MR) is 107 cm³/mol. The summed E-state index contributed by atoms with van der Waals surface area (Å²) in [4.78, 5) is 16.2. The van der Waals surface area contributed by atoms with E-state index in [2.05, 4.69) is 39.7 Å². The van der Waals surface area contributed by atoms with E-state index < -0.39 is 0 Å². The van der Waals surface area contributed by atoms with Gasteiger partial charge in [0.15, 0.2) is 0 Å². The molecule has 6 nitrogen and oxygen atoms in total. The van der Waals surface area contributed by atoms with E-state index in [1.54, 1.807) is 4.68 Å². The fourth-order valence-electron chi connectivity index (χ4n) is 3.93. The van der Waals surface area contributed by atoms with Gasteiger partial charge in [-0.3, -0.25) is 14.5 Å². The van der Waals surface area contributed by atoms with Crippen LogP contribution < -0.4 is 10.1 Å². The van der Waals surface area contributed by atoms with Crippen LogP contribution in [0.2, 0.25) is 0 Å². The number of nitrogens with zero attached hydrogens (tertiary/aromatic N) is 3. The lowest BCUT2D eigenvalue weighted by atomic mass is 10.0. The summed E-state index contributed by atoms with van der Waals surface area (Å²) in [5.74, 6) is 1.73. The SMILES string of the molecule is C[C@@H](Oc1cc(-c2ccc(C3CC3)nc2)cc2nn(C)cc12)[C@H]1CNC(=O)C1. The van der Waals surface area contributed by atoms with Crippen LogP contribution in [0.4, 0.5) is 0 Å². The molecule has 3 aromatic rings. The van der Waals surface area contributed by atoms with Crippen LogP contribution in [0.3, 0.4) is 0 Å². The van der Waals surface area contributed by atoms with Gasteiger partial charge in [0.2, 0.25) is 5.91 Å². The van der Waals surface area contributed by atoms with Crippen LogP contribution in [0.5, 0.6) is 5.75 Å². The normalized spacial score (nSPS) is 20.4. The molecule has 1 N–H and O–H groups in total. The number of rotatable bonds is 5. The Morgan fingerprint density at radius 2 is 2.11 bits per heavy atom. The Morgan fingerprint density at radius 3 is 2.79 bits per heavy atom. The van der Waals surface area contributed by atoms with Crippen molar-refractivity contribution >= 4 is 16.8 Å². The van der Waals surface area contributed by atoms with Crippen LogP contribution in [0.25, 0.3) is 22.0 Å². The van der Waals surface area contributed by atoms with Crippen LogP contribution in [-0.4, -0.2) is 33.3 Å². The molecule has 1 saturated heterocycles. The van der Waals surface area contributed by atoms with E-state index >= 15 is 0 Å². The highest BCUT2D eigenvalue weighted by molar-refractivity contribution is 5.90. The Balaban J connectivity index is 1.49. The van der Waals surface area contributed by atoms with Crippen molar-refractivity contribution in [3.8, 4) is 16.9 Å². The number of nitrogens with one attached hydrogen (secondary N) is 1. The van der Waals surface area contributed by atoms with Crippen molar-refractivity contribution in [3.05, 3.63) is 42.4 Å². The minimum atomic E-state index is -0.0621. The topological polar surface area (TPSA) is 69.0 Å². The number of benzene rings is 1. The minimum absolute atomic E-state index is 0.0621. The first-order valence-corrected chi connectivity index (χ1v) is 9.94. The molecule has 1 aromatic carbocycles. The van der Waals surface area contributed by atoms with Crippen molar-refractivity contribution in [2.45, 2.75) is 38.2 Å². The number of ether oxygens (including phenoxy) is 1. The van der Waals surface area contributed by atoms with E-state index in [0.717, 1.165) is 27.8 Å². The molecule has 0 unspecified atom stereocenters. The highest BCUT2D eigenvalue weighted by Gasteiger charge is 2.28. The van der Waals surface area contributed by atoms with Gasteiger partial charge in [-0.1, -0.05) is 6.07 Å². The molecular formula is C22H24N4O2. The fourth-order valence-corrected chi connectivity index (χ4v) is 3.93. The van der Waals surface area contributed by atoms with Crippen molar-refractivity contribution in [2.24, 2.45) is 13.0 Å². The molecule has 2 atom stereocenters. The van der Waals surface area contributed by atoms with Crippen molar-refractivity contribution in [1.82, 2.24) is 20.1 Å². The summed E-state index contributed by atoms with van der Waals surface area (Å²) in [5.41, 5.74) is 4.19. The Kier molecular flexibility index (Phi) is 4.07. The third-order valence-corrected chi connectivity index (χ3v) is 5.80. The largest absolute Gasteiger partial charge is 0.490 e. The van der Waals surface area contributed by atoms with Gasteiger partial charge in [0.1, 0.15) is 11.9 Å². The number of hydrogen-bond donors (Lipinski definition) is 1. The predicted octanol–water partition coefficient (Wildman–Crippen LogP) is 3.42. The van der Waals surface area contributed by atoms with Crippen molar-refractivity contribution in [2.75, 3.05) is 6.54 Å². The van der Waals surface area contributed by atoms with Gasteiger partial charge in [0.05, 0.1) is 10.9 Å². The lowest BCUT2D eigenvalue weighted by molar-refractivity contribution is -0.119. The number of amides is 1. The zero-order chi connectivity index (χ0) is 19.3. The molecule has 2 aromatic heterocycles. The Labute approximate surface area is 163 Å². The van der Waals surface area contributed by atoms with Crippen LogP contribution in [0.1, 0.15) is 37.8 Å². The summed E-state index contributed by atoms with van der Waals surface area (Å²) in [6.45, 7) is 2.70. The summed E-state index contributed by atoms with van der Waals surface area (Å²) >= 11 is 0. The maximum atomic E-state index is 11.6. The molecule has 144 valence electrons. The van der Waals surface area contributed by atoms with Crippen LogP contribution in [0.15, 0.2) is 36.7 Å². The summed E-state index contributed by atoms with van der Waals surface area (Å²) in [5, 5.41) is 8.46. The number of fused-ring (bicyclic) bond motifs is 1. The Bertz CT molecular complexity index is 1040. The second-order valence-corrected chi connectivity index (χ2v) is 8.05. The Morgan fingerprint density at radius 1 is 1.25 bits per heavy atom. The van der Waals surface area contributed by atoms with Gasteiger partial charge in [-0.05, 0) is 43.5 Å².